The van der Waals surface area contributed by atoms with Crippen LogP contribution in [0.15, 0.2) is 24.3 Å². The van der Waals surface area contributed by atoms with E-state index in [1.807, 2.05) is 13.1 Å². The third-order valence-corrected chi connectivity index (χ3v) is 2.88. The third kappa shape index (κ3) is 4.07. The maximum atomic E-state index is 13.7. The van der Waals surface area contributed by atoms with Crippen molar-refractivity contribution in [2.24, 2.45) is 5.73 Å². The number of rotatable bonds is 7. The molecule has 3 nitrogen and oxygen atoms in total. The Kier molecular flexibility index (Phi) is 6.11. The molecule has 4 heteroatoms. The molecule has 1 atom stereocenters. The molecule has 0 saturated carbocycles. The fourth-order valence-electron chi connectivity index (χ4n) is 1.90. The van der Waals surface area contributed by atoms with Crippen molar-refractivity contribution < 1.29 is 9.13 Å². The Morgan fingerprint density at radius 3 is 2.71 bits per heavy atom. The summed E-state index contributed by atoms with van der Waals surface area (Å²) in [6, 6.07) is 6.72. The zero-order valence-electron chi connectivity index (χ0n) is 10.5. The normalized spacial score (nSPS) is 13.0. The zero-order chi connectivity index (χ0) is 12.7. The molecule has 0 aromatic heterocycles. The van der Waals surface area contributed by atoms with Crippen molar-refractivity contribution in [2.45, 2.75) is 12.5 Å². The van der Waals surface area contributed by atoms with E-state index in [2.05, 4.69) is 4.90 Å². The van der Waals surface area contributed by atoms with Crippen molar-refractivity contribution in [3.63, 3.8) is 0 Å². The molecule has 0 heterocycles. The minimum Gasteiger partial charge on any atom is -0.385 e. The summed E-state index contributed by atoms with van der Waals surface area (Å²) in [7, 11) is 3.64. The summed E-state index contributed by atoms with van der Waals surface area (Å²) in [6.07, 6.45) is 0.915. The van der Waals surface area contributed by atoms with E-state index >= 15 is 0 Å². The van der Waals surface area contributed by atoms with E-state index in [1.165, 1.54) is 6.07 Å². The quantitative estimate of drug-likeness (QED) is 0.738. The molecule has 0 amide bonds. The van der Waals surface area contributed by atoms with E-state index in [0.29, 0.717) is 18.7 Å². The molecule has 0 fully saturated rings. The molecule has 1 unspecified atom stereocenters. The Morgan fingerprint density at radius 1 is 1.41 bits per heavy atom. The lowest BCUT2D eigenvalue weighted by Gasteiger charge is -2.27. The number of hydrogen-bond acceptors (Lipinski definition) is 3. The maximum Gasteiger partial charge on any atom is 0.128 e. The topological polar surface area (TPSA) is 38.5 Å². The van der Waals surface area contributed by atoms with Gasteiger partial charge in [-0.2, -0.15) is 0 Å². The maximum absolute atomic E-state index is 13.7. The first kappa shape index (κ1) is 14.1. The lowest BCUT2D eigenvalue weighted by atomic mass is 10.0. The summed E-state index contributed by atoms with van der Waals surface area (Å²) in [5.41, 5.74) is 6.40. The number of nitrogens with zero attached hydrogens (tertiary/aromatic N) is 1. The standard InChI is InChI=1S/C13H21FN2O/c1-16(8-5-9-17-2)13(10-15)11-6-3-4-7-12(11)14/h3-4,6-7,13H,5,8-10,15H2,1-2H3. The lowest BCUT2D eigenvalue weighted by molar-refractivity contribution is 0.165. The van der Waals surface area contributed by atoms with Crippen molar-refractivity contribution in [3.05, 3.63) is 35.6 Å². The largest absolute Gasteiger partial charge is 0.385 e. The van der Waals surface area contributed by atoms with Crippen LogP contribution < -0.4 is 5.73 Å². The van der Waals surface area contributed by atoms with Gasteiger partial charge in [-0.3, -0.25) is 4.90 Å². The monoisotopic (exact) mass is 240 g/mol. The number of benzene rings is 1. The zero-order valence-corrected chi connectivity index (χ0v) is 10.5. The summed E-state index contributed by atoms with van der Waals surface area (Å²) >= 11 is 0. The van der Waals surface area contributed by atoms with E-state index in [9.17, 15) is 4.39 Å². The summed E-state index contributed by atoms with van der Waals surface area (Å²) in [6.45, 7) is 1.95. The van der Waals surface area contributed by atoms with Gasteiger partial charge in [0.2, 0.25) is 0 Å². The fourth-order valence-corrected chi connectivity index (χ4v) is 1.90. The summed E-state index contributed by atoms with van der Waals surface area (Å²) < 4.78 is 18.7. The van der Waals surface area contributed by atoms with Crippen molar-refractivity contribution in [3.8, 4) is 0 Å². The van der Waals surface area contributed by atoms with Crippen LogP contribution >= 0.6 is 0 Å². The van der Waals surface area contributed by atoms with Crippen molar-refractivity contribution >= 4 is 0 Å². The van der Waals surface area contributed by atoms with E-state index < -0.39 is 0 Å². The number of methoxy groups -OCH3 is 1. The van der Waals surface area contributed by atoms with Gasteiger partial charge in [0.05, 0.1) is 0 Å². The lowest BCUT2D eigenvalue weighted by Crippen LogP contribution is -2.32. The van der Waals surface area contributed by atoms with Gasteiger partial charge >= 0.3 is 0 Å². The van der Waals surface area contributed by atoms with Crippen LogP contribution in [0.3, 0.4) is 0 Å². The van der Waals surface area contributed by atoms with Crippen LogP contribution in [0.5, 0.6) is 0 Å². The number of nitrogens with two attached hydrogens (primary N) is 1. The van der Waals surface area contributed by atoms with E-state index in [4.69, 9.17) is 10.5 Å². The second-order valence-electron chi connectivity index (χ2n) is 4.10. The molecule has 0 spiro atoms. The van der Waals surface area contributed by atoms with Gasteiger partial charge in [-0.1, -0.05) is 18.2 Å². The van der Waals surface area contributed by atoms with Crippen LogP contribution in [-0.4, -0.2) is 38.8 Å². The smallest absolute Gasteiger partial charge is 0.128 e. The fraction of sp³-hybridized carbons (Fsp3) is 0.538. The van der Waals surface area contributed by atoms with Crippen molar-refractivity contribution in [1.82, 2.24) is 4.90 Å². The highest BCUT2D eigenvalue weighted by molar-refractivity contribution is 5.21. The first-order chi connectivity index (χ1) is 8.20. The molecule has 1 aromatic rings. The molecule has 96 valence electrons. The van der Waals surface area contributed by atoms with Crippen LogP contribution in [0.1, 0.15) is 18.0 Å². The predicted molar refractivity (Wildman–Crippen MR) is 67.3 cm³/mol. The highest BCUT2D eigenvalue weighted by Crippen LogP contribution is 2.21. The molecule has 0 radical (unpaired) electrons. The molecule has 0 aliphatic rings. The Morgan fingerprint density at radius 2 is 2.12 bits per heavy atom. The van der Waals surface area contributed by atoms with Crippen molar-refractivity contribution in [2.75, 3.05) is 33.9 Å². The molecule has 0 aliphatic heterocycles. The molecule has 0 bridgehead atoms. The third-order valence-electron chi connectivity index (χ3n) is 2.88. The number of ether oxygens (including phenoxy) is 1. The first-order valence-electron chi connectivity index (χ1n) is 5.84. The highest BCUT2D eigenvalue weighted by atomic mass is 19.1. The molecular formula is C13H21FN2O. The Hall–Kier alpha value is -0.970. The molecule has 0 saturated heterocycles. The second-order valence-corrected chi connectivity index (χ2v) is 4.10. The molecule has 2 N–H and O–H groups in total. The van der Waals surface area contributed by atoms with Gasteiger partial charge in [0, 0.05) is 38.4 Å². The summed E-state index contributed by atoms with van der Waals surface area (Å²) in [5.74, 6) is -0.193. The van der Waals surface area contributed by atoms with Crippen LogP contribution in [-0.2, 0) is 4.74 Å². The Bertz CT molecular complexity index is 333. The molecule has 1 rings (SSSR count). The number of likely N-dealkylation sites (N-methyl/N-ethyl adjacent to an activating group) is 1. The van der Waals surface area contributed by atoms with Crippen LogP contribution in [0.2, 0.25) is 0 Å². The average Bonchev–Trinajstić information content (AvgIpc) is 2.33. The van der Waals surface area contributed by atoms with Gasteiger partial charge in [0.15, 0.2) is 0 Å². The predicted octanol–water partition coefficient (Wildman–Crippen LogP) is 1.79. The van der Waals surface area contributed by atoms with Gasteiger partial charge < -0.3 is 10.5 Å². The van der Waals surface area contributed by atoms with E-state index in [1.54, 1.807) is 19.2 Å². The Balaban J connectivity index is 2.67. The SMILES string of the molecule is COCCCN(C)C(CN)c1ccccc1F. The van der Waals surface area contributed by atoms with Gasteiger partial charge in [0.1, 0.15) is 5.82 Å². The molecule has 17 heavy (non-hydrogen) atoms. The first-order valence-corrected chi connectivity index (χ1v) is 5.84. The Labute approximate surface area is 102 Å². The summed E-state index contributed by atoms with van der Waals surface area (Å²) in [4.78, 5) is 2.07. The average molecular weight is 240 g/mol. The van der Waals surface area contributed by atoms with E-state index in [0.717, 1.165) is 13.0 Å². The van der Waals surface area contributed by atoms with Crippen molar-refractivity contribution in [1.29, 1.82) is 0 Å². The highest BCUT2D eigenvalue weighted by Gasteiger charge is 2.17. The van der Waals surface area contributed by atoms with Gasteiger partial charge in [-0.15, -0.1) is 0 Å². The molecular weight excluding hydrogens is 219 g/mol. The summed E-state index contributed by atoms with van der Waals surface area (Å²) in [5, 5.41) is 0. The molecule has 1 aromatic carbocycles. The second kappa shape index (κ2) is 7.37. The van der Waals surface area contributed by atoms with Gasteiger partial charge in [0.25, 0.3) is 0 Å². The van der Waals surface area contributed by atoms with Gasteiger partial charge in [-0.25, -0.2) is 4.39 Å². The number of halogens is 1. The van der Waals surface area contributed by atoms with Crippen LogP contribution in [0, 0.1) is 5.82 Å². The van der Waals surface area contributed by atoms with E-state index in [-0.39, 0.29) is 11.9 Å². The minimum atomic E-state index is -0.193. The van der Waals surface area contributed by atoms with Crippen LogP contribution in [0.25, 0.3) is 0 Å². The minimum absolute atomic E-state index is 0.0759. The molecule has 0 aliphatic carbocycles. The number of hydrogen-bond donors (Lipinski definition) is 1. The van der Waals surface area contributed by atoms with Crippen LogP contribution in [0.4, 0.5) is 4.39 Å². The van der Waals surface area contributed by atoms with Gasteiger partial charge in [-0.05, 0) is 19.5 Å².